The van der Waals surface area contributed by atoms with Gasteiger partial charge in [-0.2, -0.15) is 0 Å². The number of benzene rings is 1. The van der Waals surface area contributed by atoms with Gasteiger partial charge in [-0.05, 0) is 56.7 Å². The summed E-state index contributed by atoms with van der Waals surface area (Å²) in [5.41, 5.74) is 9.95. The van der Waals surface area contributed by atoms with E-state index in [2.05, 4.69) is 20.4 Å². The van der Waals surface area contributed by atoms with Gasteiger partial charge < -0.3 is 24.9 Å². The van der Waals surface area contributed by atoms with Crippen LogP contribution in [0.15, 0.2) is 64.2 Å². The number of nitrogen functional groups attached to an aromatic ring is 1. The third-order valence-corrected chi connectivity index (χ3v) is 6.39. The molecular weight excluding hydrogens is 484 g/mol. The molecule has 10 heteroatoms. The fourth-order valence-electron chi connectivity index (χ4n) is 4.46. The first-order valence-electron chi connectivity index (χ1n) is 11.9. The number of fused-ring (bicyclic) bond motifs is 1. The lowest BCUT2D eigenvalue weighted by molar-refractivity contribution is 0.102. The van der Waals surface area contributed by atoms with E-state index in [0.717, 1.165) is 11.1 Å². The second-order valence-electron chi connectivity index (χ2n) is 8.96. The van der Waals surface area contributed by atoms with Crippen molar-refractivity contribution in [1.82, 2.24) is 19.7 Å². The van der Waals surface area contributed by atoms with E-state index in [1.807, 2.05) is 32.0 Å². The molecule has 0 bridgehead atoms. The summed E-state index contributed by atoms with van der Waals surface area (Å²) in [5, 5.41) is 7.50. The largest absolute Gasteiger partial charge is 0.496 e. The smallest absolute Gasteiger partial charge is 0.264 e. The molecule has 0 saturated heterocycles. The Morgan fingerprint density at radius 3 is 2.61 bits per heavy atom. The second kappa shape index (κ2) is 9.81. The Morgan fingerprint density at radius 1 is 1.13 bits per heavy atom. The molecule has 0 atom stereocenters. The topological polar surface area (TPSA) is 138 Å². The first-order chi connectivity index (χ1) is 18.3. The molecule has 4 heterocycles. The predicted octanol–water partition coefficient (Wildman–Crippen LogP) is 4.26. The number of amides is 1. The maximum Gasteiger partial charge on any atom is 0.264 e. The lowest BCUT2D eigenvalue weighted by Gasteiger charge is -2.16. The van der Waals surface area contributed by atoms with Crippen molar-refractivity contribution in [1.29, 1.82) is 0 Å². The minimum Gasteiger partial charge on any atom is -0.496 e. The molecule has 0 aliphatic carbocycles. The Kier molecular flexibility index (Phi) is 6.38. The fraction of sp³-hybridized carbons (Fsp3) is 0.179. The van der Waals surface area contributed by atoms with Crippen molar-refractivity contribution in [2.75, 3.05) is 18.2 Å². The van der Waals surface area contributed by atoms with E-state index in [-0.39, 0.29) is 12.1 Å². The number of nitrogens with one attached hydrogen (secondary N) is 1. The van der Waals surface area contributed by atoms with Gasteiger partial charge in [0.15, 0.2) is 0 Å². The monoisotopic (exact) mass is 510 g/mol. The van der Waals surface area contributed by atoms with Gasteiger partial charge in [0, 0.05) is 23.2 Å². The fourth-order valence-corrected chi connectivity index (χ4v) is 4.46. The summed E-state index contributed by atoms with van der Waals surface area (Å²) in [4.78, 5) is 35.6. The zero-order chi connectivity index (χ0) is 27.0. The van der Waals surface area contributed by atoms with E-state index < -0.39 is 11.5 Å². The van der Waals surface area contributed by atoms with Gasteiger partial charge in [0.25, 0.3) is 11.5 Å². The summed E-state index contributed by atoms with van der Waals surface area (Å²) < 4.78 is 12.6. The van der Waals surface area contributed by atoms with E-state index in [4.69, 9.17) is 15.0 Å². The van der Waals surface area contributed by atoms with Gasteiger partial charge in [-0.15, -0.1) is 0 Å². The van der Waals surface area contributed by atoms with Gasteiger partial charge in [-0.25, -0.2) is 4.98 Å². The molecule has 192 valence electrons. The van der Waals surface area contributed by atoms with Crippen LogP contribution in [0.3, 0.4) is 0 Å². The number of hydrogen-bond acceptors (Lipinski definition) is 8. The summed E-state index contributed by atoms with van der Waals surface area (Å²) in [6.45, 7) is 5.62. The van der Waals surface area contributed by atoms with E-state index in [1.165, 1.54) is 10.8 Å². The van der Waals surface area contributed by atoms with Crippen LogP contribution in [0.5, 0.6) is 5.75 Å². The molecule has 3 N–H and O–H groups in total. The third-order valence-electron chi connectivity index (χ3n) is 6.39. The molecule has 0 aliphatic heterocycles. The number of aromatic nitrogens is 4. The summed E-state index contributed by atoms with van der Waals surface area (Å²) >= 11 is 0. The molecule has 0 radical (unpaired) electrons. The number of rotatable bonds is 6. The van der Waals surface area contributed by atoms with E-state index in [9.17, 15) is 9.59 Å². The van der Waals surface area contributed by atoms with Crippen molar-refractivity contribution in [3.05, 3.63) is 93.5 Å². The van der Waals surface area contributed by atoms with Gasteiger partial charge in [0.2, 0.25) is 0 Å². The normalized spacial score (nSPS) is 11.1. The highest BCUT2D eigenvalue weighted by atomic mass is 16.5. The first-order valence-corrected chi connectivity index (χ1v) is 11.9. The number of carbonyl (C=O) groups is 1. The van der Waals surface area contributed by atoms with E-state index in [0.29, 0.717) is 50.9 Å². The molecule has 4 aromatic heterocycles. The van der Waals surface area contributed by atoms with Crippen LogP contribution in [0.4, 0.5) is 11.5 Å². The lowest BCUT2D eigenvalue weighted by Crippen LogP contribution is -2.30. The van der Waals surface area contributed by atoms with Gasteiger partial charge >= 0.3 is 0 Å². The van der Waals surface area contributed by atoms with Crippen molar-refractivity contribution >= 4 is 28.3 Å². The zero-order valence-electron chi connectivity index (χ0n) is 21.4. The number of anilines is 2. The highest BCUT2D eigenvalue weighted by molar-refractivity contribution is 6.06. The Bertz CT molecular complexity index is 1720. The Morgan fingerprint density at radius 2 is 1.95 bits per heavy atom. The van der Waals surface area contributed by atoms with Gasteiger partial charge in [-0.1, -0.05) is 11.2 Å². The molecule has 0 saturated carbocycles. The van der Waals surface area contributed by atoms with Crippen LogP contribution >= 0.6 is 0 Å². The molecule has 0 spiro atoms. The predicted molar refractivity (Wildman–Crippen MR) is 144 cm³/mol. The maximum atomic E-state index is 13.7. The molecule has 0 unspecified atom stereocenters. The second-order valence-corrected chi connectivity index (χ2v) is 8.96. The number of nitrogens with zero attached hydrogens (tertiary/aromatic N) is 4. The van der Waals surface area contributed by atoms with Crippen LogP contribution < -0.4 is 21.3 Å². The quantitative estimate of drug-likeness (QED) is 0.345. The molecule has 5 aromatic rings. The van der Waals surface area contributed by atoms with Crippen molar-refractivity contribution in [3.63, 3.8) is 0 Å². The molecule has 1 amide bonds. The number of ether oxygens (including phenoxy) is 1. The molecular formula is C28H26N6O4. The van der Waals surface area contributed by atoms with Crippen LogP contribution in [0.2, 0.25) is 0 Å². The molecule has 1 aromatic carbocycles. The Hall–Kier alpha value is -4.99. The van der Waals surface area contributed by atoms with Crippen molar-refractivity contribution < 1.29 is 14.1 Å². The standard InChI is InChI=1S/C28H26N6O4/c1-15-9-20(13-31-26(15)29)32-27(35)22-11-18-10-21(25-16(2)33-38-17(25)3)24(37-4)12-23(18)34(28(22)36)14-19-7-5-6-8-30-19/h5-13H,14H2,1-4H3,(H2,29,31)(H,32,35). The van der Waals surface area contributed by atoms with Gasteiger partial charge in [-0.3, -0.25) is 14.6 Å². The summed E-state index contributed by atoms with van der Waals surface area (Å²) in [6, 6.07) is 12.4. The highest BCUT2D eigenvalue weighted by Gasteiger charge is 2.22. The zero-order valence-corrected chi connectivity index (χ0v) is 21.4. The van der Waals surface area contributed by atoms with Crippen LogP contribution in [0, 0.1) is 20.8 Å². The highest BCUT2D eigenvalue weighted by Crippen LogP contribution is 2.37. The number of methoxy groups -OCH3 is 1. The van der Waals surface area contributed by atoms with E-state index >= 15 is 0 Å². The maximum absolute atomic E-state index is 13.7. The molecule has 10 nitrogen and oxygen atoms in total. The lowest BCUT2D eigenvalue weighted by atomic mass is 9.99. The van der Waals surface area contributed by atoms with Crippen molar-refractivity contribution in [2.45, 2.75) is 27.3 Å². The minimum atomic E-state index is -0.563. The summed E-state index contributed by atoms with van der Waals surface area (Å²) in [7, 11) is 1.56. The summed E-state index contributed by atoms with van der Waals surface area (Å²) in [5.74, 6) is 0.979. The Balaban J connectivity index is 1.72. The minimum absolute atomic E-state index is 0.0298. The van der Waals surface area contributed by atoms with Crippen LogP contribution in [0.25, 0.3) is 22.0 Å². The number of carbonyl (C=O) groups excluding carboxylic acids is 1. The number of aryl methyl sites for hydroxylation is 3. The molecule has 5 rings (SSSR count). The van der Waals surface area contributed by atoms with Crippen molar-refractivity contribution in [2.24, 2.45) is 0 Å². The first kappa shape index (κ1) is 24.7. The van der Waals surface area contributed by atoms with Crippen LogP contribution in [-0.4, -0.2) is 32.7 Å². The van der Waals surface area contributed by atoms with Gasteiger partial charge in [0.05, 0.1) is 48.0 Å². The molecule has 0 fully saturated rings. The average molecular weight is 511 g/mol. The van der Waals surface area contributed by atoms with Crippen LogP contribution in [-0.2, 0) is 6.54 Å². The molecule has 0 aliphatic rings. The average Bonchev–Trinajstić information content (AvgIpc) is 3.24. The Labute approximate surface area is 218 Å². The number of pyridine rings is 3. The SMILES string of the molecule is COc1cc2c(cc1-c1c(C)noc1C)cc(C(=O)Nc1cnc(N)c(C)c1)c(=O)n2Cc1ccccn1. The van der Waals surface area contributed by atoms with E-state index in [1.54, 1.807) is 44.5 Å². The van der Waals surface area contributed by atoms with Gasteiger partial charge in [0.1, 0.15) is 22.9 Å². The van der Waals surface area contributed by atoms with Crippen molar-refractivity contribution in [3.8, 4) is 16.9 Å². The number of nitrogens with two attached hydrogens (primary N) is 1. The van der Waals surface area contributed by atoms with Crippen LogP contribution in [0.1, 0.15) is 33.1 Å². The summed E-state index contributed by atoms with van der Waals surface area (Å²) in [6.07, 6.45) is 3.11. The molecule has 38 heavy (non-hydrogen) atoms. The number of hydrogen-bond donors (Lipinski definition) is 2. The third kappa shape index (κ3) is 4.47.